The maximum absolute atomic E-state index is 13.8. The molecule has 1 aromatic carbocycles. The number of unbranched alkanes of at least 4 members (excludes halogenated alkanes) is 1. The van der Waals surface area contributed by atoms with Crippen molar-refractivity contribution in [2.75, 3.05) is 26.2 Å². The molecule has 2 aliphatic rings. The van der Waals surface area contributed by atoms with Gasteiger partial charge in [-0.1, -0.05) is 45.0 Å². The van der Waals surface area contributed by atoms with Crippen LogP contribution in [-0.2, 0) is 25.7 Å². The van der Waals surface area contributed by atoms with Crippen LogP contribution in [0.2, 0.25) is 0 Å². The van der Waals surface area contributed by atoms with Gasteiger partial charge < -0.3 is 30.7 Å². The molecule has 244 valence electrons. The van der Waals surface area contributed by atoms with E-state index < -0.39 is 23.6 Å². The van der Waals surface area contributed by atoms with Crippen molar-refractivity contribution in [3.8, 4) is 10.4 Å². The van der Waals surface area contributed by atoms with Gasteiger partial charge >= 0.3 is 0 Å². The number of halogens is 1. The highest BCUT2D eigenvalue weighted by molar-refractivity contribution is 7.13. The standard InChI is InChI=1S/C32H47N5O5S.ClH/c1-21-28(43-20-35-21)23-10-8-22(9-11-23)18-34-30(40)26-17-24(38)19-37(26)31(41)29(32(2,3)4)36-27(39)7-5-6-16-42-25-12-14-33-15-13-25;/h8-11,20,24-26,29,33,38H,5-7,12-19H2,1-4H3,(H,34,40)(H,36,39);1H/t24-,26+,29-;/m1./s1. The van der Waals surface area contributed by atoms with Crippen LogP contribution >= 0.6 is 23.7 Å². The average Bonchev–Trinajstić information content (AvgIpc) is 3.59. The molecule has 0 bridgehead atoms. The number of β-amino-alcohol motifs (C(OH)–C–C–N with tert-alkyl or cyclic N) is 1. The van der Waals surface area contributed by atoms with Crippen LogP contribution in [0, 0.1) is 12.3 Å². The zero-order chi connectivity index (χ0) is 31.0. The number of nitrogens with one attached hydrogen (secondary N) is 3. The Hall–Kier alpha value is -2.57. The van der Waals surface area contributed by atoms with Crippen LogP contribution < -0.4 is 16.0 Å². The van der Waals surface area contributed by atoms with Crippen molar-refractivity contribution in [2.24, 2.45) is 5.41 Å². The Balaban J connectivity index is 0.00000529. The summed E-state index contributed by atoms with van der Waals surface area (Å²) in [7, 11) is 0. The molecule has 4 rings (SSSR count). The normalized spacial score (nSPS) is 19.7. The van der Waals surface area contributed by atoms with Gasteiger partial charge in [-0.25, -0.2) is 4.98 Å². The predicted octanol–water partition coefficient (Wildman–Crippen LogP) is 3.59. The highest BCUT2D eigenvalue weighted by atomic mass is 35.5. The number of hydrogen-bond donors (Lipinski definition) is 4. The lowest BCUT2D eigenvalue weighted by atomic mass is 9.85. The molecule has 3 atom stereocenters. The van der Waals surface area contributed by atoms with Crippen LogP contribution in [0.1, 0.15) is 70.6 Å². The van der Waals surface area contributed by atoms with Crippen LogP contribution in [0.15, 0.2) is 29.8 Å². The zero-order valence-electron chi connectivity index (χ0n) is 26.3. The molecular weight excluding hydrogens is 602 g/mol. The first kappa shape index (κ1) is 35.9. The van der Waals surface area contributed by atoms with E-state index >= 15 is 0 Å². The van der Waals surface area contributed by atoms with E-state index in [-0.39, 0.29) is 49.2 Å². The molecule has 2 aromatic rings. The number of nitrogens with zero attached hydrogens (tertiary/aromatic N) is 2. The van der Waals surface area contributed by atoms with Gasteiger partial charge in [0.1, 0.15) is 12.1 Å². The number of aliphatic hydroxyl groups excluding tert-OH is 1. The van der Waals surface area contributed by atoms with Crippen molar-refractivity contribution < 1.29 is 24.2 Å². The molecule has 3 heterocycles. The van der Waals surface area contributed by atoms with Gasteiger partial charge in [-0.2, -0.15) is 0 Å². The maximum atomic E-state index is 13.8. The van der Waals surface area contributed by atoms with Gasteiger partial charge in [-0.3, -0.25) is 14.4 Å². The van der Waals surface area contributed by atoms with Gasteiger partial charge in [-0.15, -0.1) is 23.7 Å². The fraction of sp³-hybridized carbons (Fsp3) is 0.625. The van der Waals surface area contributed by atoms with Crippen molar-refractivity contribution in [3.63, 3.8) is 0 Å². The summed E-state index contributed by atoms with van der Waals surface area (Å²) < 4.78 is 5.93. The average molecular weight is 650 g/mol. The lowest BCUT2D eigenvalue weighted by molar-refractivity contribution is -0.144. The number of carbonyl (C=O) groups is 3. The summed E-state index contributed by atoms with van der Waals surface area (Å²) >= 11 is 1.59. The number of benzene rings is 1. The summed E-state index contributed by atoms with van der Waals surface area (Å²) in [6, 6.07) is 6.31. The summed E-state index contributed by atoms with van der Waals surface area (Å²) in [5, 5.41) is 19.6. The molecule has 0 radical (unpaired) electrons. The Labute approximate surface area is 271 Å². The molecule has 2 aliphatic heterocycles. The highest BCUT2D eigenvalue weighted by Crippen LogP contribution is 2.28. The van der Waals surface area contributed by atoms with Crippen molar-refractivity contribution in [3.05, 3.63) is 41.0 Å². The summed E-state index contributed by atoms with van der Waals surface area (Å²) in [5.41, 5.74) is 4.23. The third-order valence-corrected chi connectivity index (χ3v) is 9.13. The van der Waals surface area contributed by atoms with Crippen LogP contribution in [0.5, 0.6) is 0 Å². The molecule has 0 unspecified atom stereocenters. The number of hydrogen-bond acceptors (Lipinski definition) is 8. The van der Waals surface area contributed by atoms with Gasteiger partial charge in [0, 0.05) is 32.5 Å². The molecule has 44 heavy (non-hydrogen) atoms. The Bertz CT molecular complexity index is 1230. The summed E-state index contributed by atoms with van der Waals surface area (Å²) in [5.74, 6) is -0.871. The van der Waals surface area contributed by atoms with Crippen LogP contribution in [0.4, 0.5) is 0 Å². The van der Waals surface area contributed by atoms with E-state index in [0.717, 1.165) is 54.0 Å². The molecule has 2 fully saturated rings. The van der Waals surface area contributed by atoms with Crippen molar-refractivity contribution in [1.82, 2.24) is 25.8 Å². The van der Waals surface area contributed by atoms with Gasteiger partial charge in [0.05, 0.1) is 28.3 Å². The van der Waals surface area contributed by atoms with E-state index in [4.69, 9.17) is 4.74 Å². The first-order valence-electron chi connectivity index (χ1n) is 15.4. The van der Waals surface area contributed by atoms with Crippen LogP contribution in [0.25, 0.3) is 10.4 Å². The fourth-order valence-corrected chi connectivity index (χ4v) is 6.42. The maximum Gasteiger partial charge on any atom is 0.246 e. The zero-order valence-corrected chi connectivity index (χ0v) is 27.9. The Morgan fingerprint density at radius 3 is 2.50 bits per heavy atom. The lowest BCUT2D eigenvalue weighted by Crippen LogP contribution is -2.57. The predicted molar refractivity (Wildman–Crippen MR) is 175 cm³/mol. The van der Waals surface area contributed by atoms with E-state index in [9.17, 15) is 19.5 Å². The van der Waals surface area contributed by atoms with Crippen molar-refractivity contribution in [2.45, 2.75) is 97.1 Å². The summed E-state index contributed by atoms with van der Waals surface area (Å²) in [6.07, 6.45) is 3.41. The molecule has 0 aliphatic carbocycles. The van der Waals surface area contributed by atoms with Crippen LogP contribution in [0.3, 0.4) is 0 Å². The molecule has 0 spiro atoms. The molecule has 1 aromatic heterocycles. The lowest BCUT2D eigenvalue weighted by Gasteiger charge is -2.35. The van der Waals surface area contributed by atoms with Gasteiger partial charge in [0.15, 0.2) is 0 Å². The van der Waals surface area contributed by atoms with E-state index in [1.54, 1.807) is 11.3 Å². The number of rotatable bonds is 12. The second-order valence-electron chi connectivity index (χ2n) is 12.7. The second-order valence-corrected chi connectivity index (χ2v) is 13.6. The van der Waals surface area contributed by atoms with Gasteiger partial charge in [0.2, 0.25) is 17.7 Å². The van der Waals surface area contributed by atoms with E-state index in [1.807, 2.05) is 57.5 Å². The van der Waals surface area contributed by atoms with Gasteiger partial charge in [0.25, 0.3) is 0 Å². The topological polar surface area (TPSA) is 133 Å². The quantitative estimate of drug-likeness (QED) is 0.258. The summed E-state index contributed by atoms with van der Waals surface area (Å²) in [4.78, 5) is 46.8. The second kappa shape index (κ2) is 16.7. The minimum absolute atomic E-state index is 0. The van der Waals surface area contributed by atoms with Crippen molar-refractivity contribution >= 4 is 41.5 Å². The Kier molecular flexibility index (Phi) is 13.6. The molecule has 2 saturated heterocycles. The van der Waals surface area contributed by atoms with E-state index in [1.165, 1.54) is 4.90 Å². The number of likely N-dealkylation sites (tertiary alicyclic amines) is 1. The molecule has 10 nitrogen and oxygen atoms in total. The summed E-state index contributed by atoms with van der Waals surface area (Å²) in [6.45, 7) is 10.6. The number of ether oxygens (including phenoxy) is 1. The van der Waals surface area contributed by atoms with Crippen molar-refractivity contribution in [1.29, 1.82) is 0 Å². The molecule has 0 saturated carbocycles. The minimum Gasteiger partial charge on any atom is -0.391 e. The molecule has 4 N–H and O–H groups in total. The third kappa shape index (κ3) is 9.97. The molecular formula is C32H48ClN5O5S. The monoisotopic (exact) mass is 649 g/mol. The van der Waals surface area contributed by atoms with E-state index in [0.29, 0.717) is 26.0 Å². The first-order chi connectivity index (χ1) is 20.5. The fourth-order valence-electron chi connectivity index (χ4n) is 5.61. The Morgan fingerprint density at radius 2 is 1.86 bits per heavy atom. The third-order valence-electron chi connectivity index (χ3n) is 8.15. The molecule has 3 amide bonds. The van der Waals surface area contributed by atoms with Crippen LogP contribution in [-0.4, -0.2) is 83.2 Å². The molecule has 12 heteroatoms. The van der Waals surface area contributed by atoms with Gasteiger partial charge in [-0.05, 0) is 62.2 Å². The number of aromatic nitrogens is 1. The number of piperidine rings is 1. The number of amides is 3. The first-order valence-corrected chi connectivity index (χ1v) is 16.3. The number of thiazole rings is 1. The number of aryl methyl sites for hydroxylation is 1. The SMILES string of the molecule is Cc1ncsc1-c1ccc(CNC(=O)[C@@H]2C[C@@H](O)CN2C(=O)[C@@H](NC(=O)CCCCOC2CCNCC2)C(C)(C)C)cc1.Cl. The smallest absolute Gasteiger partial charge is 0.246 e. The highest BCUT2D eigenvalue weighted by Gasteiger charge is 2.44. The number of aliphatic hydroxyl groups is 1. The Morgan fingerprint density at radius 1 is 1.16 bits per heavy atom. The largest absolute Gasteiger partial charge is 0.391 e. The number of carbonyl (C=O) groups excluding carboxylic acids is 3. The minimum atomic E-state index is -0.825. The van der Waals surface area contributed by atoms with E-state index in [2.05, 4.69) is 20.9 Å².